The molecular weight excluding hydrogens is 312 g/mol. The second kappa shape index (κ2) is 5.68. The molecule has 0 atom stereocenters. The third-order valence-corrected chi connectivity index (χ3v) is 3.74. The summed E-state index contributed by atoms with van der Waals surface area (Å²) >= 11 is 24.1. The molecule has 1 nitrogen and oxygen atoms in total. The van der Waals surface area contributed by atoms with Crippen molar-refractivity contribution >= 4 is 46.4 Å². The van der Waals surface area contributed by atoms with Gasteiger partial charge < -0.3 is 5.73 Å². The Kier molecular flexibility index (Phi) is 4.41. The van der Waals surface area contributed by atoms with Crippen molar-refractivity contribution in [2.24, 2.45) is 5.73 Å². The van der Waals surface area contributed by atoms with Gasteiger partial charge in [0.15, 0.2) is 0 Å². The molecule has 0 amide bonds. The van der Waals surface area contributed by atoms with Gasteiger partial charge in [0.2, 0.25) is 0 Å². The van der Waals surface area contributed by atoms with E-state index in [-0.39, 0.29) is 0 Å². The average Bonchev–Trinajstić information content (AvgIpc) is 2.34. The molecule has 0 saturated heterocycles. The molecule has 0 spiro atoms. The summed E-state index contributed by atoms with van der Waals surface area (Å²) in [5, 5.41) is 2.23. The lowest BCUT2D eigenvalue weighted by atomic mass is 9.99. The van der Waals surface area contributed by atoms with Crippen LogP contribution in [0.3, 0.4) is 0 Å². The summed E-state index contributed by atoms with van der Waals surface area (Å²) in [6, 6.07) is 9.81. The van der Waals surface area contributed by atoms with Gasteiger partial charge in [-0.2, -0.15) is 0 Å². The van der Waals surface area contributed by atoms with Crippen molar-refractivity contribution in [3.8, 4) is 0 Å². The highest BCUT2D eigenvalue weighted by Gasteiger charge is 2.16. The lowest BCUT2D eigenvalue weighted by Crippen LogP contribution is -2.13. The molecule has 0 fully saturated rings. The van der Waals surface area contributed by atoms with E-state index in [0.29, 0.717) is 31.2 Å². The van der Waals surface area contributed by atoms with E-state index in [1.807, 2.05) is 0 Å². The number of rotatable bonds is 2. The zero-order chi connectivity index (χ0) is 13.3. The van der Waals surface area contributed by atoms with Crippen molar-refractivity contribution in [1.29, 1.82) is 0 Å². The molecule has 2 aromatic rings. The molecule has 0 bridgehead atoms. The molecule has 18 heavy (non-hydrogen) atoms. The van der Waals surface area contributed by atoms with E-state index < -0.39 is 6.04 Å². The van der Waals surface area contributed by atoms with Gasteiger partial charge in [0.25, 0.3) is 0 Å². The van der Waals surface area contributed by atoms with Gasteiger partial charge in [0, 0.05) is 20.1 Å². The molecule has 2 N–H and O–H groups in total. The van der Waals surface area contributed by atoms with Crippen molar-refractivity contribution in [2.45, 2.75) is 6.04 Å². The van der Waals surface area contributed by atoms with E-state index in [4.69, 9.17) is 52.1 Å². The quantitative estimate of drug-likeness (QED) is 0.793. The lowest BCUT2D eigenvalue weighted by molar-refractivity contribution is 0.872. The minimum atomic E-state index is -0.470. The van der Waals surface area contributed by atoms with Gasteiger partial charge in [-0.05, 0) is 47.5 Å². The van der Waals surface area contributed by atoms with Crippen LogP contribution in [0, 0.1) is 0 Å². The highest BCUT2D eigenvalue weighted by atomic mass is 35.5. The maximum Gasteiger partial charge on any atom is 0.0582 e. The number of nitrogens with two attached hydrogens (primary N) is 1. The number of halogens is 4. The second-order valence-corrected chi connectivity index (χ2v) is 5.50. The summed E-state index contributed by atoms with van der Waals surface area (Å²) in [6.45, 7) is 0. The summed E-state index contributed by atoms with van der Waals surface area (Å²) in [5.41, 5.74) is 7.60. The lowest BCUT2D eigenvalue weighted by Gasteiger charge is -2.16. The van der Waals surface area contributed by atoms with E-state index >= 15 is 0 Å². The predicted octanol–water partition coefficient (Wildman–Crippen LogP) is 5.35. The highest BCUT2D eigenvalue weighted by molar-refractivity contribution is 6.34. The maximum atomic E-state index is 6.17. The van der Waals surface area contributed by atoms with E-state index in [9.17, 15) is 0 Å². The van der Waals surface area contributed by atoms with Gasteiger partial charge in [-0.1, -0.05) is 46.4 Å². The van der Waals surface area contributed by atoms with E-state index in [2.05, 4.69) is 0 Å². The van der Waals surface area contributed by atoms with E-state index in [0.717, 1.165) is 0 Å². The Morgan fingerprint density at radius 1 is 0.722 bits per heavy atom. The Hall–Kier alpha value is -0.440. The average molecular weight is 321 g/mol. The van der Waals surface area contributed by atoms with Gasteiger partial charge in [-0.3, -0.25) is 0 Å². The van der Waals surface area contributed by atoms with Gasteiger partial charge in [0.1, 0.15) is 0 Å². The summed E-state index contributed by atoms with van der Waals surface area (Å²) < 4.78 is 0. The molecular formula is C13H9Cl4N. The first-order valence-electron chi connectivity index (χ1n) is 5.14. The van der Waals surface area contributed by atoms with Crippen molar-refractivity contribution in [3.63, 3.8) is 0 Å². The van der Waals surface area contributed by atoms with Crippen LogP contribution in [0.15, 0.2) is 36.4 Å². The van der Waals surface area contributed by atoms with Gasteiger partial charge >= 0.3 is 0 Å². The minimum absolute atomic E-state index is 0.470. The van der Waals surface area contributed by atoms with Crippen molar-refractivity contribution in [3.05, 3.63) is 67.6 Å². The fourth-order valence-corrected chi connectivity index (χ4v) is 2.50. The number of hydrogen-bond acceptors (Lipinski definition) is 1. The van der Waals surface area contributed by atoms with Crippen LogP contribution >= 0.6 is 46.4 Å². The monoisotopic (exact) mass is 319 g/mol. The molecule has 94 valence electrons. The number of benzene rings is 2. The largest absolute Gasteiger partial charge is 0.320 e. The topological polar surface area (TPSA) is 26.0 Å². The second-order valence-electron chi connectivity index (χ2n) is 3.81. The van der Waals surface area contributed by atoms with Crippen LogP contribution in [0.4, 0.5) is 0 Å². The summed E-state index contributed by atoms with van der Waals surface area (Å²) in [7, 11) is 0. The standard InChI is InChI=1S/C13H9Cl4N/c14-7-1-3-11(16)9(5-7)13(18)10-6-8(15)2-4-12(10)17/h1-6,13H,18H2. The molecule has 0 aliphatic rings. The fraction of sp³-hybridized carbons (Fsp3) is 0.0769. The Morgan fingerprint density at radius 3 is 1.50 bits per heavy atom. The Balaban J connectivity index is 2.50. The Bertz CT molecular complexity index is 532. The fourth-order valence-electron chi connectivity index (χ4n) is 1.67. The van der Waals surface area contributed by atoms with Crippen molar-refractivity contribution in [2.75, 3.05) is 0 Å². The van der Waals surface area contributed by atoms with E-state index in [1.165, 1.54) is 0 Å². The third-order valence-electron chi connectivity index (χ3n) is 2.59. The first-order chi connectivity index (χ1) is 8.49. The molecule has 0 saturated carbocycles. The predicted molar refractivity (Wildman–Crippen MR) is 79.0 cm³/mol. The van der Waals surface area contributed by atoms with E-state index in [1.54, 1.807) is 36.4 Å². The number of hydrogen-bond donors (Lipinski definition) is 1. The minimum Gasteiger partial charge on any atom is -0.320 e. The molecule has 0 aliphatic carbocycles. The molecule has 0 radical (unpaired) electrons. The van der Waals surface area contributed by atoms with Crippen LogP contribution in [0.5, 0.6) is 0 Å². The zero-order valence-corrected chi connectivity index (χ0v) is 12.2. The highest BCUT2D eigenvalue weighted by Crippen LogP contribution is 2.33. The first-order valence-corrected chi connectivity index (χ1v) is 6.65. The Morgan fingerprint density at radius 2 is 1.11 bits per heavy atom. The molecule has 5 heteroatoms. The molecule has 0 aliphatic heterocycles. The normalized spacial score (nSPS) is 11.0. The van der Waals surface area contributed by atoms with Crippen LogP contribution in [-0.4, -0.2) is 0 Å². The van der Waals surface area contributed by atoms with Crippen LogP contribution in [0.2, 0.25) is 20.1 Å². The molecule has 0 aromatic heterocycles. The van der Waals surface area contributed by atoms with Crippen LogP contribution in [0.25, 0.3) is 0 Å². The van der Waals surface area contributed by atoms with Gasteiger partial charge in [0.05, 0.1) is 6.04 Å². The SMILES string of the molecule is NC(c1cc(Cl)ccc1Cl)c1cc(Cl)ccc1Cl. The maximum absolute atomic E-state index is 6.17. The zero-order valence-electron chi connectivity index (χ0n) is 9.13. The van der Waals surface area contributed by atoms with Crippen LogP contribution < -0.4 is 5.73 Å². The van der Waals surface area contributed by atoms with Crippen molar-refractivity contribution in [1.82, 2.24) is 0 Å². The molecule has 0 heterocycles. The third kappa shape index (κ3) is 2.93. The smallest absolute Gasteiger partial charge is 0.0582 e. The molecule has 2 rings (SSSR count). The van der Waals surface area contributed by atoms with Crippen LogP contribution in [0.1, 0.15) is 17.2 Å². The van der Waals surface area contributed by atoms with Crippen LogP contribution in [-0.2, 0) is 0 Å². The summed E-state index contributed by atoms with van der Waals surface area (Å²) in [6.07, 6.45) is 0. The Labute approximate surface area is 125 Å². The van der Waals surface area contributed by atoms with Crippen molar-refractivity contribution < 1.29 is 0 Å². The van der Waals surface area contributed by atoms with Gasteiger partial charge in [-0.15, -0.1) is 0 Å². The first kappa shape index (κ1) is 14.0. The molecule has 2 aromatic carbocycles. The van der Waals surface area contributed by atoms with Gasteiger partial charge in [-0.25, -0.2) is 0 Å². The molecule has 0 unspecified atom stereocenters. The summed E-state index contributed by atoms with van der Waals surface area (Å²) in [5.74, 6) is 0. The summed E-state index contributed by atoms with van der Waals surface area (Å²) in [4.78, 5) is 0.